The van der Waals surface area contributed by atoms with Crippen molar-refractivity contribution in [2.75, 3.05) is 0 Å². The summed E-state index contributed by atoms with van der Waals surface area (Å²) in [6.07, 6.45) is 8.99. The molecule has 2 saturated carbocycles. The van der Waals surface area contributed by atoms with E-state index in [1.54, 1.807) is 0 Å². The van der Waals surface area contributed by atoms with Crippen LogP contribution in [0.5, 0.6) is 0 Å². The van der Waals surface area contributed by atoms with Gasteiger partial charge >= 0.3 is 0 Å². The van der Waals surface area contributed by atoms with Crippen LogP contribution in [0.15, 0.2) is 12.4 Å². The fourth-order valence-corrected chi connectivity index (χ4v) is 2.55. The Kier molecular flexibility index (Phi) is 3.92. The molecule has 0 spiro atoms. The van der Waals surface area contributed by atoms with E-state index in [0.717, 1.165) is 15.5 Å². The molecule has 18 heavy (non-hydrogen) atoms. The largest absolute Gasteiger partial charge is 0.348 e. The van der Waals surface area contributed by atoms with Crippen molar-refractivity contribution >= 4 is 45.2 Å². The van der Waals surface area contributed by atoms with E-state index in [0.29, 0.717) is 0 Å². The molecule has 2 aliphatic carbocycles. The number of imidazole rings is 2. The lowest BCUT2D eigenvalue weighted by Gasteiger charge is -1.84. The summed E-state index contributed by atoms with van der Waals surface area (Å²) < 4.78 is 2.29. The van der Waals surface area contributed by atoms with E-state index < -0.39 is 0 Å². The van der Waals surface area contributed by atoms with Gasteiger partial charge < -0.3 is 9.97 Å². The topological polar surface area (TPSA) is 57.4 Å². The highest BCUT2D eigenvalue weighted by Crippen LogP contribution is 2.39. The van der Waals surface area contributed by atoms with E-state index in [2.05, 4.69) is 65.1 Å². The summed E-state index contributed by atoms with van der Waals surface area (Å²) >= 11 is 4.54. The van der Waals surface area contributed by atoms with Crippen LogP contribution in [0.2, 0.25) is 0 Å². The summed E-state index contributed by atoms with van der Waals surface area (Å²) in [6, 6.07) is 0. The third-order valence-corrected chi connectivity index (χ3v) is 5.68. The number of aromatic nitrogens is 4. The van der Waals surface area contributed by atoms with Crippen molar-refractivity contribution in [3.8, 4) is 0 Å². The lowest BCUT2D eigenvalue weighted by molar-refractivity contribution is 0.969. The van der Waals surface area contributed by atoms with E-state index in [9.17, 15) is 0 Å². The van der Waals surface area contributed by atoms with Crippen LogP contribution in [0, 0.1) is 7.40 Å². The van der Waals surface area contributed by atoms with Gasteiger partial charge in [0, 0.05) is 24.2 Å². The number of hydrogen-bond donors (Lipinski definition) is 2. The van der Waals surface area contributed by atoms with Gasteiger partial charge in [-0.1, -0.05) is 0 Å². The van der Waals surface area contributed by atoms with E-state index in [1.807, 2.05) is 12.4 Å². The Balaban J connectivity index is 0.000000114. The van der Waals surface area contributed by atoms with Crippen molar-refractivity contribution in [3.05, 3.63) is 31.4 Å². The van der Waals surface area contributed by atoms with Crippen LogP contribution in [0.3, 0.4) is 0 Å². The van der Waals surface area contributed by atoms with Crippen molar-refractivity contribution in [3.63, 3.8) is 0 Å². The maximum atomic E-state index is 4.40. The predicted octanol–water partition coefficient (Wildman–Crippen LogP) is 3.78. The maximum Gasteiger partial charge on any atom is 0.133 e. The Hall–Kier alpha value is -0.120. The molecule has 4 rings (SSSR count). The van der Waals surface area contributed by atoms with E-state index in [-0.39, 0.29) is 0 Å². The fourth-order valence-electron chi connectivity index (χ4n) is 1.75. The molecule has 2 fully saturated rings. The first-order chi connectivity index (χ1) is 8.74. The van der Waals surface area contributed by atoms with Gasteiger partial charge in [-0.05, 0) is 70.9 Å². The van der Waals surface area contributed by atoms with Crippen LogP contribution < -0.4 is 0 Å². The summed E-state index contributed by atoms with van der Waals surface area (Å²) in [5, 5.41) is 0. The highest BCUT2D eigenvalue weighted by Gasteiger charge is 2.27. The van der Waals surface area contributed by atoms with Gasteiger partial charge in [0.15, 0.2) is 0 Å². The molecule has 2 aromatic heterocycles. The van der Waals surface area contributed by atoms with Gasteiger partial charge in [0.2, 0.25) is 0 Å². The van der Waals surface area contributed by atoms with Crippen molar-refractivity contribution in [1.82, 2.24) is 19.9 Å². The molecule has 2 heterocycles. The quantitative estimate of drug-likeness (QED) is 0.660. The third-order valence-electron chi connectivity index (χ3n) is 3.09. The molecule has 0 atom stereocenters. The zero-order valence-corrected chi connectivity index (χ0v) is 14.1. The SMILES string of the molecule is Ic1nc(C2CC2)[nH]c1I.c1c[nH]c(C2CC2)n1. The zero-order chi connectivity index (χ0) is 12.5. The minimum absolute atomic E-state index is 0.747. The molecule has 6 heteroatoms. The van der Waals surface area contributed by atoms with Crippen molar-refractivity contribution in [2.24, 2.45) is 0 Å². The molecule has 0 saturated heterocycles. The summed E-state index contributed by atoms with van der Waals surface area (Å²) in [7, 11) is 0. The minimum atomic E-state index is 0.747. The van der Waals surface area contributed by atoms with Gasteiger partial charge in [-0.25, -0.2) is 9.97 Å². The molecule has 2 N–H and O–H groups in total. The molecule has 0 unspecified atom stereocenters. The number of nitrogens with one attached hydrogen (secondary N) is 2. The standard InChI is InChI=1S/C6H6I2N2.C6H8N2/c7-4-5(8)10-6(9-4)3-1-2-3;1-2-5(1)6-7-3-4-8-6/h3H,1-2H2,(H,9,10);3-5H,1-2H2,(H,7,8). The first-order valence-corrected chi connectivity index (χ1v) is 8.30. The molecule has 0 radical (unpaired) electrons. The second-order valence-corrected chi connectivity index (χ2v) is 6.85. The molecular weight excluding hydrogens is 454 g/mol. The average Bonchev–Trinajstić information content (AvgIpc) is 3.29. The Morgan fingerprint density at radius 2 is 1.72 bits per heavy atom. The Morgan fingerprint density at radius 1 is 1.06 bits per heavy atom. The summed E-state index contributed by atoms with van der Waals surface area (Å²) in [5.74, 6) is 3.88. The van der Waals surface area contributed by atoms with Gasteiger partial charge in [-0.2, -0.15) is 0 Å². The molecule has 0 amide bonds. The van der Waals surface area contributed by atoms with Gasteiger partial charge in [-0.15, -0.1) is 0 Å². The van der Waals surface area contributed by atoms with Crippen LogP contribution in [0.25, 0.3) is 0 Å². The molecule has 4 nitrogen and oxygen atoms in total. The van der Waals surface area contributed by atoms with Gasteiger partial charge in [-0.3, -0.25) is 0 Å². The number of aromatic amines is 2. The van der Waals surface area contributed by atoms with Gasteiger partial charge in [0.1, 0.15) is 19.1 Å². The fraction of sp³-hybridized carbons (Fsp3) is 0.500. The third kappa shape index (κ3) is 3.25. The van der Waals surface area contributed by atoms with E-state index >= 15 is 0 Å². The van der Waals surface area contributed by atoms with Crippen LogP contribution in [0.1, 0.15) is 49.2 Å². The first kappa shape index (κ1) is 12.9. The maximum absolute atomic E-state index is 4.40. The number of hydrogen-bond acceptors (Lipinski definition) is 2. The molecule has 0 bridgehead atoms. The van der Waals surface area contributed by atoms with Crippen LogP contribution in [0.4, 0.5) is 0 Å². The zero-order valence-electron chi connectivity index (χ0n) is 9.79. The second kappa shape index (κ2) is 5.48. The normalized spacial score (nSPS) is 18.3. The van der Waals surface area contributed by atoms with Gasteiger partial charge in [0.25, 0.3) is 0 Å². The van der Waals surface area contributed by atoms with Crippen LogP contribution in [-0.4, -0.2) is 19.9 Å². The molecule has 0 aromatic carbocycles. The summed E-state index contributed by atoms with van der Waals surface area (Å²) in [4.78, 5) is 14.9. The minimum Gasteiger partial charge on any atom is -0.348 e. The summed E-state index contributed by atoms with van der Waals surface area (Å²) in [6.45, 7) is 0. The molecular formula is C12H14I2N4. The Bertz CT molecular complexity index is 493. The van der Waals surface area contributed by atoms with Gasteiger partial charge in [0.05, 0.1) is 0 Å². The Morgan fingerprint density at radius 3 is 2.17 bits per heavy atom. The molecule has 2 aromatic rings. The monoisotopic (exact) mass is 468 g/mol. The molecule has 0 aliphatic heterocycles. The average molecular weight is 468 g/mol. The number of rotatable bonds is 2. The van der Waals surface area contributed by atoms with E-state index in [4.69, 9.17) is 0 Å². The van der Waals surface area contributed by atoms with E-state index in [1.165, 1.54) is 41.0 Å². The Labute approximate surface area is 133 Å². The van der Waals surface area contributed by atoms with Crippen LogP contribution in [-0.2, 0) is 0 Å². The van der Waals surface area contributed by atoms with Crippen molar-refractivity contribution < 1.29 is 0 Å². The van der Waals surface area contributed by atoms with Crippen LogP contribution >= 0.6 is 45.2 Å². The smallest absolute Gasteiger partial charge is 0.133 e. The summed E-state index contributed by atoms with van der Waals surface area (Å²) in [5.41, 5.74) is 0. The number of nitrogens with zero attached hydrogens (tertiary/aromatic N) is 2. The lowest BCUT2D eigenvalue weighted by Crippen LogP contribution is -1.80. The van der Waals surface area contributed by atoms with Crippen molar-refractivity contribution in [1.29, 1.82) is 0 Å². The highest BCUT2D eigenvalue weighted by molar-refractivity contribution is 14.1. The first-order valence-electron chi connectivity index (χ1n) is 6.14. The number of H-pyrrole nitrogens is 2. The highest BCUT2D eigenvalue weighted by atomic mass is 127. The predicted molar refractivity (Wildman–Crippen MR) is 86.6 cm³/mol. The van der Waals surface area contributed by atoms with Crippen molar-refractivity contribution in [2.45, 2.75) is 37.5 Å². The number of halogens is 2. The second-order valence-electron chi connectivity index (χ2n) is 4.75. The molecule has 2 aliphatic rings. The lowest BCUT2D eigenvalue weighted by atomic mass is 10.4. The molecule has 96 valence electrons.